The molecule has 1 aromatic carbocycles. The van der Waals surface area contributed by atoms with Gasteiger partial charge in [0.25, 0.3) is 0 Å². The fourth-order valence-corrected chi connectivity index (χ4v) is 1.24. The van der Waals surface area contributed by atoms with Crippen LogP contribution >= 0.6 is 12.4 Å². The Bertz CT molecular complexity index is 400. The summed E-state index contributed by atoms with van der Waals surface area (Å²) in [5.41, 5.74) is 4.76. The average Bonchev–Trinajstić information content (AvgIpc) is 2.20. The quantitative estimate of drug-likeness (QED) is 0.748. The molecule has 1 rings (SSSR count). The first kappa shape index (κ1) is 16.9. The van der Waals surface area contributed by atoms with E-state index in [0.717, 1.165) is 18.2 Å². The number of benzene rings is 1. The van der Waals surface area contributed by atoms with Gasteiger partial charge in [-0.2, -0.15) is 13.2 Å². The molecule has 0 saturated carbocycles. The maximum Gasteiger partial charge on any atom is 0.403 e. The van der Waals surface area contributed by atoms with E-state index in [4.69, 9.17) is 10.8 Å². The Balaban J connectivity index is 0.00000289. The van der Waals surface area contributed by atoms with Gasteiger partial charge in [-0.15, -0.1) is 12.4 Å². The van der Waals surface area contributed by atoms with Crippen molar-refractivity contribution in [2.24, 2.45) is 5.73 Å². The standard InChI is InChI=1S/C10H11F4NO2.ClH/c11-6-3-5(1-2-7(6)16)8(17)4-9(15)10(12,13)14;/h1-3,8-9,16-17H,4,15H2;1H/t8-,9-;/m1./s1. The van der Waals surface area contributed by atoms with E-state index < -0.39 is 36.3 Å². The number of phenols is 1. The van der Waals surface area contributed by atoms with Crippen LogP contribution in [0.5, 0.6) is 5.75 Å². The molecule has 0 aliphatic carbocycles. The molecule has 0 aromatic heterocycles. The topological polar surface area (TPSA) is 66.5 Å². The van der Waals surface area contributed by atoms with Crippen molar-refractivity contribution in [1.82, 2.24) is 0 Å². The van der Waals surface area contributed by atoms with E-state index in [0.29, 0.717) is 0 Å². The molecule has 18 heavy (non-hydrogen) atoms. The molecule has 1 aromatic rings. The molecule has 0 radical (unpaired) electrons. The van der Waals surface area contributed by atoms with Crippen molar-refractivity contribution in [3.8, 4) is 5.75 Å². The summed E-state index contributed by atoms with van der Waals surface area (Å²) in [6.45, 7) is 0. The van der Waals surface area contributed by atoms with Crippen molar-refractivity contribution in [2.75, 3.05) is 0 Å². The summed E-state index contributed by atoms with van der Waals surface area (Å²) >= 11 is 0. The summed E-state index contributed by atoms with van der Waals surface area (Å²) < 4.78 is 49.3. The van der Waals surface area contributed by atoms with E-state index >= 15 is 0 Å². The minimum atomic E-state index is -4.61. The van der Waals surface area contributed by atoms with E-state index in [-0.39, 0.29) is 18.0 Å². The van der Waals surface area contributed by atoms with Crippen molar-refractivity contribution >= 4 is 12.4 Å². The number of aromatic hydroxyl groups is 1. The second kappa shape index (κ2) is 6.21. The van der Waals surface area contributed by atoms with Crippen LogP contribution < -0.4 is 5.73 Å². The molecule has 0 fully saturated rings. The van der Waals surface area contributed by atoms with Gasteiger partial charge in [0.05, 0.1) is 6.10 Å². The summed E-state index contributed by atoms with van der Waals surface area (Å²) in [5.74, 6) is -1.65. The van der Waals surface area contributed by atoms with Gasteiger partial charge in [0, 0.05) is 6.42 Å². The number of aliphatic hydroxyl groups is 1. The van der Waals surface area contributed by atoms with Crippen molar-refractivity contribution < 1.29 is 27.8 Å². The van der Waals surface area contributed by atoms with E-state index in [1.165, 1.54) is 0 Å². The van der Waals surface area contributed by atoms with Gasteiger partial charge < -0.3 is 15.9 Å². The molecule has 2 atom stereocenters. The van der Waals surface area contributed by atoms with E-state index in [9.17, 15) is 22.7 Å². The van der Waals surface area contributed by atoms with Crippen LogP contribution in [0.15, 0.2) is 18.2 Å². The Labute approximate surface area is 107 Å². The number of nitrogens with two attached hydrogens (primary N) is 1. The second-order valence-electron chi connectivity index (χ2n) is 3.61. The van der Waals surface area contributed by atoms with Crippen molar-refractivity contribution in [3.05, 3.63) is 29.6 Å². The van der Waals surface area contributed by atoms with Gasteiger partial charge in [-0.05, 0) is 17.7 Å². The van der Waals surface area contributed by atoms with Gasteiger partial charge in [0.15, 0.2) is 11.6 Å². The fourth-order valence-electron chi connectivity index (χ4n) is 1.24. The highest BCUT2D eigenvalue weighted by Gasteiger charge is 2.38. The van der Waals surface area contributed by atoms with Gasteiger partial charge in [-0.25, -0.2) is 4.39 Å². The smallest absolute Gasteiger partial charge is 0.403 e. The molecule has 0 heterocycles. The third kappa shape index (κ3) is 4.32. The first-order chi connectivity index (χ1) is 7.71. The number of aliphatic hydroxyl groups excluding tert-OH is 1. The van der Waals surface area contributed by atoms with Crippen molar-refractivity contribution in [3.63, 3.8) is 0 Å². The average molecular weight is 290 g/mol. The minimum Gasteiger partial charge on any atom is -0.505 e. The molecule has 4 N–H and O–H groups in total. The van der Waals surface area contributed by atoms with Crippen LogP contribution in [0, 0.1) is 5.82 Å². The number of hydrogen-bond acceptors (Lipinski definition) is 3. The normalized spacial score (nSPS) is 14.8. The van der Waals surface area contributed by atoms with Gasteiger partial charge in [0.1, 0.15) is 6.04 Å². The van der Waals surface area contributed by atoms with E-state index in [2.05, 4.69) is 0 Å². The van der Waals surface area contributed by atoms with Crippen LogP contribution in [0.1, 0.15) is 18.1 Å². The second-order valence-corrected chi connectivity index (χ2v) is 3.61. The van der Waals surface area contributed by atoms with Crippen LogP contribution in [0.2, 0.25) is 0 Å². The summed E-state index contributed by atoms with van der Waals surface area (Å²) in [4.78, 5) is 0. The third-order valence-corrected chi connectivity index (χ3v) is 2.25. The third-order valence-electron chi connectivity index (χ3n) is 2.25. The highest BCUT2D eigenvalue weighted by atomic mass is 35.5. The monoisotopic (exact) mass is 289 g/mol. The molecule has 0 spiro atoms. The molecule has 3 nitrogen and oxygen atoms in total. The fraction of sp³-hybridized carbons (Fsp3) is 0.400. The summed E-state index contributed by atoms with van der Waals surface area (Å²) in [7, 11) is 0. The van der Waals surface area contributed by atoms with Gasteiger partial charge in [-0.1, -0.05) is 6.07 Å². The molecular formula is C10H12ClF4NO2. The molecule has 0 aliphatic rings. The van der Waals surface area contributed by atoms with Crippen LogP contribution in [-0.4, -0.2) is 22.4 Å². The Hall–Kier alpha value is -1.05. The summed E-state index contributed by atoms with van der Waals surface area (Å²) in [5, 5.41) is 18.3. The molecule has 0 saturated heterocycles. The zero-order valence-electron chi connectivity index (χ0n) is 8.99. The lowest BCUT2D eigenvalue weighted by atomic mass is 10.0. The van der Waals surface area contributed by atoms with Crippen molar-refractivity contribution in [1.29, 1.82) is 0 Å². The van der Waals surface area contributed by atoms with Crippen LogP contribution in [0.3, 0.4) is 0 Å². The lowest BCUT2D eigenvalue weighted by molar-refractivity contribution is -0.153. The number of phenolic OH excluding ortho intramolecular Hbond substituents is 1. The molecule has 0 bridgehead atoms. The predicted octanol–water partition coefficient (Wildman–Crippen LogP) is 2.27. The van der Waals surface area contributed by atoms with Crippen molar-refractivity contribution in [2.45, 2.75) is 24.7 Å². The summed E-state index contributed by atoms with van der Waals surface area (Å²) in [6, 6.07) is 0.664. The van der Waals surface area contributed by atoms with Gasteiger partial charge in [0.2, 0.25) is 0 Å². The van der Waals surface area contributed by atoms with Crippen LogP contribution in [0.25, 0.3) is 0 Å². The Kier molecular flexibility index (Phi) is 5.85. The predicted molar refractivity (Wildman–Crippen MR) is 58.9 cm³/mol. The number of rotatable bonds is 3. The van der Waals surface area contributed by atoms with Crippen LogP contribution in [0.4, 0.5) is 17.6 Å². The van der Waals surface area contributed by atoms with E-state index in [1.54, 1.807) is 0 Å². The molecule has 104 valence electrons. The molecular weight excluding hydrogens is 278 g/mol. The molecule has 8 heteroatoms. The zero-order chi connectivity index (χ0) is 13.2. The van der Waals surface area contributed by atoms with E-state index in [1.807, 2.05) is 0 Å². The number of alkyl halides is 3. The highest BCUT2D eigenvalue weighted by Crippen LogP contribution is 2.28. The lowest BCUT2D eigenvalue weighted by Crippen LogP contribution is -2.38. The minimum absolute atomic E-state index is 0. The largest absolute Gasteiger partial charge is 0.505 e. The maximum absolute atomic E-state index is 12.9. The van der Waals surface area contributed by atoms with Gasteiger partial charge >= 0.3 is 6.18 Å². The number of halogens is 5. The Morgan fingerprint density at radius 1 is 1.28 bits per heavy atom. The number of hydrogen-bond donors (Lipinski definition) is 3. The molecule has 0 amide bonds. The highest BCUT2D eigenvalue weighted by molar-refractivity contribution is 5.85. The summed E-state index contributed by atoms with van der Waals surface area (Å²) in [6.07, 6.45) is -6.92. The Morgan fingerprint density at radius 3 is 2.28 bits per heavy atom. The van der Waals surface area contributed by atoms with Gasteiger partial charge in [-0.3, -0.25) is 0 Å². The maximum atomic E-state index is 12.9. The SMILES string of the molecule is Cl.N[C@H](C[C@@H](O)c1ccc(O)c(F)c1)C(F)(F)F. The Morgan fingerprint density at radius 2 is 1.83 bits per heavy atom. The van der Waals surface area contributed by atoms with Crippen LogP contribution in [-0.2, 0) is 0 Å². The first-order valence-electron chi connectivity index (χ1n) is 4.70. The zero-order valence-corrected chi connectivity index (χ0v) is 9.80. The lowest BCUT2D eigenvalue weighted by Gasteiger charge is -2.19. The molecule has 0 aliphatic heterocycles. The molecule has 0 unspecified atom stereocenters. The first-order valence-corrected chi connectivity index (χ1v) is 4.70.